The summed E-state index contributed by atoms with van der Waals surface area (Å²) in [5.74, 6) is 0. The minimum Gasteiger partial charge on any atom is -0.311 e. The van der Waals surface area contributed by atoms with Crippen molar-refractivity contribution in [1.29, 1.82) is 0 Å². The fourth-order valence-corrected chi connectivity index (χ4v) is 7.55. The van der Waals surface area contributed by atoms with Crippen molar-refractivity contribution in [1.82, 2.24) is 0 Å². The molecule has 0 aromatic heterocycles. The second kappa shape index (κ2) is 13.3. The van der Waals surface area contributed by atoms with E-state index in [1.807, 2.05) is 0 Å². The average Bonchev–Trinajstić information content (AvgIpc) is 3.21. The zero-order valence-corrected chi connectivity index (χ0v) is 28.2. The van der Waals surface area contributed by atoms with Gasteiger partial charge >= 0.3 is 0 Å². The zero-order valence-electron chi connectivity index (χ0n) is 28.2. The predicted molar refractivity (Wildman–Crippen MR) is 218 cm³/mol. The Labute approximate surface area is 299 Å². The fraction of sp³-hybridized carbons (Fsp3) is 0. The van der Waals surface area contributed by atoms with Crippen LogP contribution in [-0.4, -0.2) is 0 Å². The van der Waals surface area contributed by atoms with E-state index in [2.05, 4.69) is 217 Å². The number of hydrogen-bond acceptors (Lipinski definition) is 1. The summed E-state index contributed by atoms with van der Waals surface area (Å²) in [6.45, 7) is 0. The first kappa shape index (κ1) is 30.4. The van der Waals surface area contributed by atoms with Gasteiger partial charge in [0.2, 0.25) is 0 Å². The van der Waals surface area contributed by atoms with Crippen LogP contribution in [0.5, 0.6) is 0 Å². The van der Waals surface area contributed by atoms with E-state index >= 15 is 0 Å². The van der Waals surface area contributed by atoms with E-state index in [1.54, 1.807) is 0 Å². The number of benzene rings is 9. The van der Waals surface area contributed by atoms with E-state index < -0.39 is 0 Å². The molecule has 0 aliphatic carbocycles. The van der Waals surface area contributed by atoms with E-state index in [-0.39, 0.29) is 0 Å². The molecule has 0 atom stereocenters. The summed E-state index contributed by atoms with van der Waals surface area (Å²) in [4.78, 5) is 2.31. The number of para-hydroxylation sites is 2. The van der Waals surface area contributed by atoms with Gasteiger partial charge in [-0.3, -0.25) is 0 Å². The van der Waals surface area contributed by atoms with Crippen molar-refractivity contribution in [3.05, 3.63) is 212 Å². The van der Waals surface area contributed by atoms with Crippen LogP contribution in [0.2, 0.25) is 0 Å². The third-order valence-electron chi connectivity index (χ3n) is 9.85. The molecule has 0 aliphatic heterocycles. The topological polar surface area (TPSA) is 3.24 Å². The van der Waals surface area contributed by atoms with Crippen molar-refractivity contribution < 1.29 is 0 Å². The van der Waals surface area contributed by atoms with Crippen LogP contribution in [0.1, 0.15) is 0 Å². The lowest BCUT2D eigenvalue weighted by Gasteiger charge is -2.25. The second-order valence-corrected chi connectivity index (χ2v) is 12.9. The first-order valence-corrected chi connectivity index (χ1v) is 17.5. The number of fused-ring (bicyclic) bond motifs is 2. The molecule has 0 amide bonds. The maximum atomic E-state index is 2.39. The van der Waals surface area contributed by atoms with Gasteiger partial charge in [-0.15, -0.1) is 0 Å². The summed E-state index contributed by atoms with van der Waals surface area (Å²) in [7, 11) is 0. The molecular weight excluding hydrogens is 615 g/mol. The molecule has 0 radical (unpaired) electrons. The average molecular weight is 650 g/mol. The van der Waals surface area contributed by atoms with Crippen molar-refractivity contribution in [3.8, 4) is 44.5 Å². The molecule has 0 N–H and O–H groups in total. The SMILES string of the molecule is c1ccc(-c2ccc(-c3c4ccccc4c(-c4ccc(N(c5ccccc5)c5ccccc5)cc4)c4ccccc34)cc2-c2ccccc2)cc1. The number of anilines is 3. The van der Waals surface area contributed by atoms with Gasteiger partial charge in [-0.05, 0) is 109 Å². The number of rotatable bonds is 7. The van der Waals surface area contributed by atoms with Crippen molar-refractivity contribution in [3.63, 3.8) is 0 Å². The van der Waals surface area contributed by atoms with Gasteiger partial charge in [0.15, 0.2) is 0 Å². The van der Waals surface area contributed by atoms with Crippen molar-refractivity contribution in [2.45, 2.75) is 0 Å². The molecule has 51 heavy (non-hydrogen) atoms. The van der Waals surface area contributed by atoms with Gasteiger partial charge in [0, 0.05) is 17.1 Å². The lowest BCUT2D eigenvalue weighted by Crippen LogP contribution is -2.09. The molecule has 0 unspecified atom stereocenters. The van der Waals surface area contributed by atoms with Crippen LogP contribution in [0, 0.1) is 0 Å². The highest BCUT2D eigenvalue weighted by Gasteiger charge is 2.19. The Morgan fingerprint density at radius 1 is 0.235 bits per heavy atom. The second-order valence-electron chi connectivity index (χ2n) is 12.9. The van der Waals surface area contributed by atoms with Crippen LogP contribution in [0.25, 0.3) is 66.1 Å². The monoisotopic (exact) mass is 649 g/mol. The van der Waals surface area contributed by atoms with E-state index in [0.29, 0.717) is 0 Å². The molecule has 240 valence electrons. The Morgan fingerprint density at radius 2 is 0.588 bits per heavy atom. The smallest absolute Gasteiger partial charge is 0.0462 e. The quantitative estimate of drug-likeness (QED) is 0.155. The van der Waals surface area contributed by atoms with E-state index in [9.17, 15) is 0 Å². The highest BCUT2D eigenvalue weighted by molar-refractivity contribution is 6.21. The Bertz CT molecular complexity index is 2500. The summed E-state index contributed by atoms with van der Waals surface area (Å²) < 4.78 is 0. The summed E-state index contributed by atoms with van der Waals surface area (Å²) in [6.07, 6.45) is 0. The number of nitrogens with zero attached hydrogens (tertiary/aromatic N) is 1. The van der Waals surface area contributed by atoms with E-state index in [0.717, 1.165) is 17.1 Å². The lowest BCUT2D eigenvalue weighted by atomic mass is 9.84. The molecule has 0 spiro atoms. The van der Waals surface area contributed by atoms with Gasteiger partial charge < -0.3 is 4.90 Å². The highest BCUT2D eigenvalue weighted by Crippen LogP contribution is 2.46. The van der Waals surface area contributed by atoms with Gasteiger partial charge in [-0.2, -0.15) is 0 Å². The minimum absolute atomic E-state index is 1.12. The molecule has 9 aromatic carbocycles. The Kier molecular flexibility index (Phi) is 7.92. The highest BCUT2D eigenvalue weighted by atomic mass is 15.1. The molecule has 1 heteroatoms. The lowest BCUT2D eigenvalue weighted by molar-refractivity contribution is 1.28. The van der Waals surface area contributed by atoms with E-state index in [4.69, 9.17) is 0 Å². The summed E-state index contributed by atoms with van der Waals surface area (Å²) >= 11 is 0. The van der Waals surface area contributed by atoms with Gasteiger partial charge in [0.25, 0.3) is 0 Å². The van der Waals surface area contributed by atoms with Crippen LogP contribution in [-0.2, 0) is 0 Å². The third kappa shape index (κ3) is 5.65. The maximum Gasteiger partial charge on any atom is 0.0462 e. The molecule has 0 saturated carbocycles. The van der Waals surface area contributed by atoms with Crippen LogP contribution in [0.4, 0.5) is 17.1 Å². The normalized spacial score (nSPS) is 11.1. The molecular formula is C50H35N. The standard InChI is InChI=1S/C50H35N/c1-5-17-36(18-6-1)43-34-31-39(35-48(43)37-19-7-2-8-20-37)50-46-27-15-13-25-44(46)49(45-26-14-16-28-47(45)50)38-29-32-42(33-30-38)51(40-21-9-3-10-22-40)41-23-11-4-12-24-41/h1-35H. The molecule has 9 rings (SSSR count). The largest absolute Gasteiger partial charge is 0.311 e. The first-order chi connectivity index (χ1) is 25.3. The molecule has 1 nitrogen and oxygen atoms in total. The van der Waals surface area contributed by atoms with Gasteiger partial charge in [0.05, 0.1) is 0 Å². The third-order valence-corrected chi connectivity index (χ3v) is 9.85. The summed E-state index contributed by atoms with van der Waals surface area (Å²) in [5.41, 5.74) is 13.2. The Morgan fingerprint density at radius 3 is 1.06 bits per heavy atom. The maximum absolute atomic E-state index is 2.39. The molecule has 0 saturated heterocycles. The number of hydrogen-bond donors (Lipinski definition) is 0. The zero-order chi connectivity index (χ0) is 34.0. The van der Waals surface area contributed by atoms with Crippen LogP contribution < -0.4 is 4.90 Å². The van der Waals surface area contributed by atoms with Gasteiger partial charge in [0.1, 0.15) is 0 Å². The van der Waals surface area contributed by atoms with Gasteiger partial charge in [-0.25, -0.2) is 0 Å². The Balaban J connectivity index is 1.23. The summed E-state index contributed by atoms with van der Waals surface area (Å²) in [6, 6.07) is 76.5. The first-order valence-electron chi connectivity index (χ1n) is 17.5. The van der Waals surface area contributed by atoms with Gasteiger partial charge in [-0.1, -0.05) is 170 Å². The van der Waals surface area contributed by atoms with Crippen LogP contribution in [0.3, 0.4) is 0 Å². The molecule has 0 aliphatic rings. The minimum atomic E-state index is 1.12. The predicted octanol–water partition coefficient (Wildman–Crippen LogP) is 14.1. The van der Waals surface area contributed by atoms with Crippen molar-refractivity contribution >= 4 is 38.6 Å². The fourth-order valence-electron chi connectivity index (χ4n) is 7.55. The molecule has 0 heterocycles. The van der Waals surface area contributed by atoms with Crippen molar-refractivity contribution in [2.75, 3.05) is 4.90 Å². The van der Waals surface area contributed by atoms with Crippen LogP contribution >= 0.6 is 0 Å². The molecule has 9 aromatic rings. The molecule has 0 bridgehead atoms. The van der Waals surface area contributed by atoms with Crippen molar-refractivity contribution in [2.24, 2.45) is 0 Å². The van der Waals surface area contributed by atoms with Crippen LogP contribution in [0.15, 0.2) is 212 Å². The Hall–Kier alpha value is -6.70. The molecule has 0 fully saturated rings. The summed E-state index contributed by atoms with van der Waals surface area (Å²) in [5, 5.41) is 4.99. The van der Waals surface area contributed by atoms with E-state index in [1.165, 1.54) is 66.1 Å².